The lowest BCUT2D eigenvalue weighted by Crippen LogP contribution is -2.44. The number of rotatable bonds is 5. The average Bonchev–Trinajstić information content (AvgIpc) is 3.04. The lowest BCUT2D eigenvalue weighted by molar-refractivity contribution is -0.256. The second kappa shape index (κ2) is 7.64. The third kappa shape index (κ3) is 3.61. The van der Waals surface area contributed by atoms with Crippen LogP contribution in [0.15, 0.2) is 60.7 Å². The van der Waals surface area contributed by atoms with Gasteiger partial charge in [0.25, 0.3) is 0 Å². The van der Waals surface area contributed by atoms with E-state index >= 15 is 0 Å². The first-order chi connectivity index (χ1) is 12.3. The second-order valence-corrected chi connectivity index (χ2v) is 6.22. The van der Waals surface area contributed by atoms with Gasteiger partial charge in [-0.25, -0.2) is 0 Å². The van der Waals surface area contributed by atoms with E-state index in [0.29, 0.717) is 13.2 Å². The molecular weight excluding hydrogens is 320 g/mol. The van der Waals surface area contributed by atoms with Crippen molar-refractivity contribution in [1.82, 2.24) is 0 Å². The van der Waals surface area contributed by atoms with Crippen LogP contribution in [-0.2, 0) is 30.3 Å². The highest BCUT2D eigenvalue weighted by atomic mass is 16.8. The fourth-order valence-electron chi connectivity index (χ4n) is 3.27. The summed E-state index contributed by atoms with van der Waals surface area (Å²) in [5.74, 6) is 0. The smallest absolute Gasteiger partial charge is 0.186 e. The highest BCUT2D eigenvalue weighted by Crippen LogP contribution is 2.36. The third-order valence-corrected chi connectivity index (χ3v) is 4.55. The lowest BCUT2D eigenvalue weighted by atomic mass is 10.1. The Labute approximate surface area is 147 Å². The molecule has 0 radical (unpaired) electrons. The molecule has 2 aromatic carbocycles. The summed E-state index contributed by atoms with van der Waals surface area (Å²) < 4.78 is 29.5. The van der Waals surface area contributed by atoms with Crippen molar-refractivity contribution in [2.45, 2.75) is 37.5 Å². The van der Waals surface area contributed by atoms with Crippen molar-refractivity contribution in [3.8, 4) is 0 Å². The molecule has 2 aliphatic rings. The summed E-state index contributed by atoms with van der Waals surface area (Å²) in [5, 5.41) is 0. The molecule has 5 atom stereocenters. The highest BCUT2D eigenvalue weighted by Gasteiger charge is 2.50. The molecule has 0 bridgehead atoms. The van der Waals surface area contributed by atoms with Crippen molar-refractivity contribution in [3.63, 3.8) is 0 Å². The monoisotopic (exact) mass is 342 g/mol. The second-order valence-electron chi connectivity index (χ2n) is 6.22. The van der Waals surface area contributed by atoms with E-state index in [0.717, 1.165) is 11.1 Å². The van der Waals surface area contributed by atoms with Crippen molar-refractivity contribution in [2.75, 3.05) is 13.7 Å². The molecule has 0 aromatic heterocycles. The van der Waals surface area contributed by atoms with Crippen LogP contribution in [-0.4, -0.2) is 38.3 Å². The minimum Gasteiger partial charge on any atom is -0.365 e. The van der Waals surface area contributed by atoms with Gasteiger partial charge in [-0.2, -0.15) is 0 Å². The molecule has 2 aromatic rings. The Morgan fingerprint density at radius 1 is 0.960 bits per heavy atom. The van der Waals surface area contributed by atoms with Crippen LogP contribution in [0.3, 0.4) is 0 Å². The molecule has 0 spiro atoms. The van der Waals surface area contributed by atoms with Gasteiger partial charge in [0, 0.05) is 12.7 Å². The summed E-state index contributed by atoms with van der Waals surface area (Å²) in [6.07, 6.45) is -1.59. The van der Waals surface area contributed by atoms with Gasteiger partial charge < -0.3 is 23.7 Å². The SMILES string of the molecule is CO[C@H]1OC2CO[C@H](c3ccccc3)OC2[C@H]1OCc1ccccc1. The summed E-state index contributed by atoms with van der Waals surface area (Å²) >= 11 is 0. The summed E-state index contributed by atoms with van der Waals surface area (Å²) in [5.41, 5.74) is 2.09. The zero-order valence-electron chi connectivity index (χ0n) is 14.1. The lowest BCUT2D eigenvalue weighted by Gasteiger charge is -2.33. The molecule has 132 valence electrons. The van der Waals surface area contributed by atoms with E-state index in [-0.39, 0.29) is 18.3 Å². The van der Waals surface area contributed by atoms with Crippen molar-refractivity contribution in [1.29, 1.82) is 0 Å². The largest absolute Gasteiger partial charge is 0.365 e. The quantitative estimate of drug-likeness (QED) is 0.836. The first-order valence-electron chi connectivity index (χ1n) is 8.51. The predicted molar refractivity (Wildman–Crippen MR) is 90.7 cm³/mol. The molecule has 2 heterocycles. The maximum Gasteiger partial charge on any atom is 0.186 e. The average molecular weight is 342 g/mol. The van der Waals surface area contributed by atoms with Crippen LogP contribution in [0.25, 0.3) is 0 Å². The van der Waals surface area contributed by atoms with E-state index in [9.17, 15) is 0 Å². The van der Waals surface area contributed by atoms with Crippen molar-refractivity contribution >= 4 is 0 Å². The van der Waals surface area contributed by atoms with Gasteiger partial charge in [-0.15, -0.1) is 0 Å². The number of fused-ring (bicyclic) bond motifs is 1. The molecule has 2 fully saturated rings. The molecule has 2 aliphatic heterocycles. The topological polar surface area (TPSA) is 46.2 Å². The highest BCUT2D eigenvalue weighted by molar-refractivity contribution is 5.17. The molecule has 0 saturated carbocycles. The van der Waals surface area contributed by atoms with Crippen molar-refractivity contribution < 1.29 is 23.7 Å². The minimum atomic E-state index is -0.461. The number of hydrogen-bond acceptors (Lipinski definition) is 5. The van der Waals surface area contributed by atoms with Crippen LogP contribution in [0.2, 0.25) is 0 Å². The van der Waals surface area contributed by atoms with E-state index < -0.39 is 12.6 Å². The van der Waals surface area contributed by atoms with Crippen LogP contribution in [0.1, 0.15) is 17.4 Å². The predicted octanol–water partition coefficient (Wildman–Crippen LogP) is 3.06. The summed E-state index contributed by atoms with van der Waals surface area (Å²) in [6.45, 7) is 0.938. The van der Waals surface area contributed by atoms with Gasteiger partial charge in [0.05, 0.1) is 13.2 Å². The molecule has 5 nitrogen and oxygen atoms in total. The van der Waals surface area contributed by atoms with E-state index in [1.54, 1.807) is 7.11 Å². The maximum atomic E-state index is 6.18. The van der Waals surface area contributed by atoms with Crippen LogP contribution in [0, 0.1) is 0 Å². The first-order valence-corrected chi connectivity index (χ1v) is 8.51. The Morgan fingerprint density at radius 3 is 2.40 bits per heavy atom. The Bertz CT molecular complexity index is 658. The van der Waals surface area contributed by atoms with E-state index in [2.05, 4.69) is 0 Å². The van der Waals surface area contributed by atoms with Crippen molar-refractivity contribution in [2.24, 2.45) is 0 Å². The Hall–Kier alpha value is -1.76. The fourth-order valence-corrected chi connectivity index (χ4v) is 3.27. The first kappa shape index (κ1) is 16.7. The van der Waals surface area contributed by atoms with Gasteiger partial charge in [0.15, 0.2) is 12.6 Å². The number of hydrogen-bond donors (Lipinski definition) is 0. The van der Waals surface area contributed by atoms with Gasteiger partial charge in [0.1, 0.15) is 18.3 Å². The molecule has 0 aliphatic carbocycles. The molecule has 4 rings (SSSR count). The van der Waals surface area contributed by atoms with E-state index in [4.69, 9.17) is 23.7 Å². The van der Waals surface area contributed by atoms with E-state index in [1.165, 1.54) is 0 Å². The standard InChI is InChI=1S/C20H22O5/c1-21-20-18(22-12-14-8-4-2-5-9-14)17-16(24-20)13-23-19(25-17)15-10-6-3-7-11-15/h2-11,16-20H,12-13H2,1H3/t16?,17?,18-,19+,20+/m1/s1. The van der Waals surface area contributed by atoms with Crippen LogP contribution < -0.4 is 0 Å². The molecule has 2 saturated heterocycles. The molecule has 25 heavy (non-hydrogen) atoms. The van der Waals surface area contributed by atoms with Gasteiger partial charge in [-0.1, -0.05) is 60.7 Å². The van der Waals surface area contributed by atoms with Gasteiger partial charge in [-0.3, -0.25) is 0 Å². The van der Waals surface area contributed by atoms with Crippen LogP contribution in [0.4, 0.5) is 0 Å². The van der Waals surface area contributed by atoms with E-state index in [1.807, 2.05) is 60.7 Å². The maximum absolute atomic E-state index is 6.18. The summed E-state index contributed by atoms with van der Waals surface area (Å²) in [7, 11) is 1.62. The Morgan fingerprint density at radius 2 is 1.68 bits per heavy atom. The van der Waals surface area contributed by atoms with Gasteiger partial charge in [0.2, 0.25) is 0 Å². The Balaban J connectivity index is 1.47. The molecule has 0 N–H and O–H groups in total. The minimum absolute atomic E-state index is 0.189. The summed E-state index contributed by atoms with van der Waals surface area (Å²) in [4.78, 5) is 0. The van der Waals surface area contributed by atoms with Crippen LogP contribution in [0.5, 0.6) is 0 Å². The van der Waals surface area contributed by atoms with Gasteiger partial charge >= 0.3 is 0 Å². The molecule has 2 unspecified atom stereocenters. The van der Waals surface area contributed by atoms with Crippen LogP contribution >= 0.6 is 0 Å². The molecular formula is C20H22O5. The number of ether oxygens (including phenoxy) is 5. The summed E-state index contributed by atoms with van der Waals surface area (Å²) in [6, 6.07) is 20.0. The zero-order chi connectivity index (χ0) is 17.1. The van der Waals surface area contributed by atoms with Crippen molar-refractivity contribution in [3.05, 3.63) is 71.8 Å². The Kier molecular flexibility index (Phi) is 5.10. The third-order valence-electron chi connectivity index (χ3n) is 4.55. The van der Waals surface area contributed by atoms with Gasteiger partial charge in [-0.05, 0) is 5.56 Å². The normalized spacial score (nSPS) is 31.6. The fraction of sp³-hybridized carbons (Fsp3) is 0.400. The molecule has 0 amide bonds. The molecule has 5 heteroatoms. The number of methoxy groups -OCH3 is 1. The zero-order valence-corrected chi connectivity index (χ0v) is 14.1. The number of benzene rings is 2.